The van der Waals surface area contributed by atoms with E-state index in [0.29, 0.717) is 12.1 Å². The van der Waals surface area contributed by atoms with Crippen molar-refractivity contribution in [1.29, 1.82) is 0 Å². The Bertz CT molecular complexity index is 436. The van der Waals surface area contributed by atoms with Gasteiger partial charge in [-0.25, -0.2) is 0 Å². The summed E-state index contributed by atoms with van der Waals surface area (Å²) in [5, 5.41) is 0. The summed E-state index contributed by atoms with van der Waals surface area (Å²) in [6.07, 6.45) is 3.99. The second-order valence-electron chi connectivity index (χ2n) is 6.13. The average molecular weight is 291 g/mol. The Balaban J connectivity index is 1.76. The third-order valence-corrected chi connectivity index (χ3v) is 4.37. The Morgan fingerprint density at radius 1 is 0.762 bits per heavy atom. The maximum Gasteiger partial charge on any atom is 0.230 e. The van der Waals surface area contributed by atoms with Crippen LogP contribution in [0, 0.1) is 6.92 Å². The van der Waals surface area contributed by atoms with Gasteiger partial charge in [0.15, 0.2) is 0 Å². The lowest BCUT2D eigenvalue weighted by Gasteiger charge is -2.32. The number of nitrogens with two attached hydrogens (primary N) is 2. The van der Waals surface area contributed by atoms with Crippen molar-refractivity contribution < 1.29 is 0 Å². The van der Waals surface area contributed by atoms with Crippen LogP contribution < -0.4 is 21.3 Å². The molecular weight excluding hydrogens is 266 g/mol. The van der Waals surface area contributed by atoms with E-state index in [1.807, 2.05) is 6.92 Å². The summed E-state index contributed by atoms with van der Waals surface area (Å²) in [5.74, 6) is 2.36. The van der Waals surface area contributed by atoms with E-state index in [4.69, 9.17) is 11.5 Å². The summed E-state index contributed by atoms with van der Waals surface area (Å²) in [4.78, 5) is 18.1. The summed E-state index contributed by atoms with van der Waals surface area (Å²) in [5.41, 5.74) is 11.9. The topological polar surface area (TPSA) is 97.2 Å². The van der Waals surface area contributed by atoms with Crippen LogP contribution in [0.4, 0.5) is 11.9 Å². The molecule has 1 aromatic rings. The number of anilines is 2. The second-order valence-corrected chi connectivity index (χ2v) is 6.13. The molecule has 1 aromatic heterocycles. The fraction of sp³-hybridized carbons (Fsp3) is 0.786. The summed E-state index contributed by atoms with van der Waals surface area (Å²) >= 11 is 0. The molecule has 0 saturated carbocycles. The number of piperidine rings is 2. The molecular formula is C14H25N7. The van der Waals surface area contributed by atoms with Crippen molar-refractivity contribution in [1.82, 2.24) is 15.0 Å². The minimum absolute atomic E-state index is 0.312. The van der Waals surface area contributed by atoms with E-state index < -0.39 is 0 Å². The fourth-order valence-electron chi connectivity index (χ4n) is 2.94. The second kappa shape index (κ2) is 6.11. The molecule has 0 atom stereocenters. The van der Waals surface area contributed by atoms with Crippen LogP contribution in [0.3, 0.4) is 0 Å². The highest BCUT2D eigenvalue weighted by Crippen LogP contribution is 2.20. The van der Waals surface area contributed by atoms with Crippen molar-refractivity contribution in [2.75, 3.05) is 36.0 Å². The fourth-order valence-corrected chi connectivity index (χ4v) is 2.94. The zero-order valence-electron chi connectivity index (χ0n) is 12.7. The molecule has 0 unspecified atom stereocenters. The molecule has 0 bridgehead atoms. The molecule has 7 heteroatoms. The lowest BCUT2D eigenvalue weighted by atomic mass is 10.1. The first-order valence-electron chi connectivity index (χ1n) is 7.85. The molecule has 0 amide bonds. The quantitative estimate of drug-likeness (QED) is 0.793. The van der Waals surface area contributed by atoms with Crippen LogP contribution in [-0.2, 0) is 0 Å². The smallest absolute Gasteiger partial charge is 0.230 e. The van der Waals surface area contributed by atoms with Crippen molar-refractivity contribution in [3.05, 3.63) is 5.82 Å². The minimum Gasteiger partial charge on any atom is -0.341 e. The summed E-state index contributed by atoms with van der Waals surface area (Å²) in [7, 11) is 0. The van der Waals surface area contributed by atoms with Crippen LogP contribution in [0.25, 0.3) is 0 Å². The SMILES string of the molecule is Cc1nc(N2CCC(N)CC2)nc(N2CCC(N)CC2)n1. The van der Waals surface area contributed by atoms with Gasteiger partial charge in [-0.2, -0.15) is 15.0 Å². The lowest BCUT2D eigenvalue weighted by molar-refractivity contribution is 0.487. The lowest BCUT2D eigenvalue weighted by Crippen LogP contribution is -2.42. The third kappa shape index (κ3) is 3.41. The van der Waals surface area contributed by atoms with Crippen LogP contribution >= 0.6 is 0 Å². The van der Waals surface area contributed by atoms with Crippen molar-refractivity contribution >= 4 is 11.9 Å². The van der Waals surface area contributed by atoms with Crippen molar-refractivity contribution in [2.24, 2.45) is 11.5 Å². The molecule has 2 fully saturated rings. The highest BCUT2D eigenvalue weighted by molar-refractivity contribution is 5.40. The Labute approximate surface area is 125 Å². The predicted molar refractivity (Wildman–Crippen MR) is 83.4 cm³/mol. The van der Waals surface area contributed by atoms with E-state index in [-0.39, 0.29) is 0 Å². The van der Waals surface area contributed by atoms with Gasteiger partial charge in [0, 0.05) is 38.3 Å². The van der Waals surface area contributed by atoms with Gasteiger partial charge in [0.05, 0.1) is 0 Å². The number of hydrogen-bond donors (Lipinski definition) is 2. The zero-order valence-corrected chi connectivity index (χ0v) is 12.7. The van der Waals surface area contributed by atoms with Gasteiger partial charge in [-0.15, -0.1) is 0 Å². The van der Waals surface area contributed by atoms with E-state index in [0.717, 1.165) is 69.6 Å². The molecule has 21 heavy (non-hydrogen) atoms. The molecule has 2 aliphatic rings. The van der Waals surface area contributed by atoms with Crippen molar-refractivity contribution in [3.8, 4) is 0 Å². The van der Waals surface area contributed by atoms with E-state index in [1.165, 1.54) is 0 Å². The standard InChI is InChI=1S/C14H25N7/c1-10-17-13(20-6-2-11(15)3-7-20)19-14(18-10)21-8-4-12(16)5-9-21/h11-12H,2-9,15-16H2,1H3. The van der Waals surface area contributed by atoms with Gasteiger partial charge in [-0.3, -0.25) is 0 Å². The van der Waals surface area contributed by atoms with Crippen LogP contribution in [-0.4, -0.2) is 53.2 Å². The van der Waals surface area contributed by atoms with Gasteiger partial charge < -0.3 is 21.3 Å². The largest absolute Gasteiger partial charge is 0.341 e. The maximum atomic E-state index is 5.96. The molecule has 3 heterocycles. The molecule has 3 rings (SSSR count). The van der Waals surface area contributed by atoms with Crippen LogP contribution in [0.5, 0.6) is 0 Å². The molecule has 0 spiro atoms. The van der Waals surface area contributed by atoms with E-state index >= 15 is 0 Å². The maximum absolute atomic E-state index is 5.96. The summed E-state index contributed by atoms with van der Waals surface area (Å²) < 4.78 is 0. The molecule has 2 aliphatic heterocycles. The van der Waals surface area contributed by atoms with Crippen LogP contribution in [0.15, 0.2) is 0 Å². The first-order valence-corrected chi connectivity index (χ1v) is 7.85. The van der Waals surface area contributed by atoms with Gasteiger partial charge in [0.25, 0.3) is 0 Å². The zero-order chi connectivity index (χ0) is 14.8. The van der Waals surface area contributed by atoms with Gasteiger partial charge in [0.1, 0.15) is 5.82 Å². The van der Waals surface area contributed by atoms with Crippen molar-refractivity contribution in [2.45, 2.75) is 44.7 Å². The normalized spacial score (nSPS) is 21.9. The van der Waals surface area contributed by atoms with Gasteiger partial charge in [0.2, 0.25) is 11.9 Å². The monoisotopic (exact) mass is 291 g/mol. The first-order chi connectivity index (χ1) is 10.1. The molecule has 0 radical (unpaired) electrons. The number of rotatable bonds is 2. The number of aryl methyl sites for hydroxylation is 1. The molecule has 0 aromatic carbocycles. The Hall–Kier alpha value is -1.47. The van der Waals surface area contributed by atoms with E-state index in [9.17, 15) is 0 Å². The number of nitrogens with zero attached hydrogens (tertiary/aromatic N) is 5. The van der Waals surface area contributed by atoms with Crippen LogP contribution in [0.1, 0.15) is 31.5 Å². The predicted octanol–water partition coefficient (Wildman–Crippen LogP) is 0.0350. The Kier molecular flexibility index (Phi) is 4.21. The van der Waals surface area contributed by atoms with Gasteiger partial charge in [-0.05, 0) is 32.6 Å². The minimum atomic E-state index is 0.312. The van der Waals surface area contributed by atoms with Gasteiger partial charge >= 0.3 is 0 Å². The van der Waals surface area contributed by atoms with E-state index in [2.05, 4.69) is 24.8 Å². The third-order valence-electron chi connectivity index (χ3n) is 4.37. The Morgan fingerprint density at radius 3 is 1.52 bits per heavy atom. The number of hydrogen-bond acceptors (Lipinski definition) is 7. The van der Waals surface area contributed by atoms with Crippen LogP contribution in [0.2, 0.25) is 0 Å². The molecule has 2 saturated heterocycles. The molecule has 0 aliphatic carbocycles. The first kappa shape index (κ1) is 14.5. The summed E-state index contributed by atoms with van der Waals surface area (Å²) in [6, 6.07) is 0.625. The van der Waals surface area contributed by atoms with E-state index in [1.54, 1.807) is 0 Å². The van der Waals surface area contributed by atoms with Gasteiger partial charge in [-0.1, -0.05) is 0 Å². The molecule has 7 nitrogen and oxygen atoms in total. The highest BCUT2D eigenvalue weighted by Gasteiger charge is 2.22. The highest BCUT2D eigenvalue weighted by atomic mass is 15.3. The van der Waals surface area contributed by atoms with Crippen molar-refractivity contribution in [3.63, 3.8) is 0 Å². The Morgan fingerprint density at radius 2 is 1.14 bits per heavy atom. The molecule has 4 N–H and O–H groups in total. The molecule has 116 valence electrons. The average Bonchev–Trinajstić information content (AvgIpc) is 2.48. The number of aromatic nitrogens is 3. The summed E-state index contributed by atoms with van der Waals surface area (Å²) in [6.45, 7) is 5.63.